The summed E-state index contributed by atoms with van der Waals surface area (Å²) < 4.78 is 0.816. The first-order valence-corrected chi connectivity index (χ1v) is 7.99. The fourth-order valence-corrected chi connectivity index (χ4v) is 3.46. The average molecular weight is 393 g/mol. The Morgan fingerprint density at radius 1 is 1.30 bits per heavy atom. The summed E-state index contributed by atoms with van der Waals surface area (Å²) in [6, 6.07) is 5.92. The van der Waals surface area contributed by atoms with E-state index in [-0.39, 0.29) is 16.9 Å². The molecule has 116 valence electrons. The predicted molar refractivity (Wildman–Crippen MR) is 91.9 cm³/mol. The van der Waals surface area contributed by atoms with Crippen LogP contribution in [-0.4, -0.2) is 26.2 Å². The SMILES string of the molecule is O=C(O)c1cc(/C=C/c2nc3sc(Br)cc3c(=O)[nH]2)ccc1O. The molecule has 0 aliphatic rings. The number of nitrogens with zero attached hydrogens (tertiary/aromatic N) is 1. The van der Waals surface area contributed by atoms with Crippen molar-refractivity contribution in [3.8, 4) is 5.75 Å². The second-order valence-corrected chi connectivity index (χ2v) is 7.05. The van der Waals surface area contributed by atoms with Gasteiger partial charge in [0.05, 0.1) is 9.17 Å². The van der Waals surface area contributed by atoms with Crippen molar-refractivity contribution >= 4 is 55.6 Å². The van der Waals surface area contributed by atoms with Gasteiger partial charge < -0.3 is 15.2 Å². The quantitative estimate of drug-likeness (QED) is 0.634. The zero-order valence-corrected chi connectivity index (χ0v) is 13.8. The number of aromatic hydroxyl groups is 1. The molecule has 3 N–H and O–H groups in total. The lowest BCUT2D eigenvalue weighted by Gasteiger charge is -2.00. The van der Waals surface area contributed by atoms with Crippen LogP contribution in [-0.2, 0) is 0 Å². The molecule has 0 atom stereocenters. The van der Waals surface area contributed by atoms with E-state index in [2.05, 4.69) is 25.9 Å². The molecule has 0 saturated heterocycles. The number of thiophene rings is 1. The molecule has 3 aromatic rings. The topological polar surface area (TPSA) is 103 Å². The number of aromatic carboxylic acids is 1. The van der Waals surface area contributed by atoms with Gasteiger partial charge in [0.15, 0.2) is 0 Å². The van der Waals surface area contributed by atoms with Gasteiger partial charge in [0.25, 0.3) is 5.56 Å². The number of phenols is 1. The van der Waals surface area contributed by atoms with Crippen LogP contribution in [0, 0.1) is 0 Å². The van der Waals surface area contributed by atoms with Crippen LogP contribution in [0.15, 0.2) is 32.8 Å². The van der Waals surface area contributed by atoms with E-state index < -0.39 is 5.97 Å². The molecule has 0 unspecified atom stereocenters. The number of aromatic amines is 1. The Labute approximate surface area is 141 Å². The van der Waals surface area contributed by atoms with E-state index >= 15 is 0 Å². The lowest BCUT2D eigenvalue weighted by atomic mass is 10.1. The zero-order valence-electron chi connectivity index (χ0n) is 11.4. The highest BCUT2D eigenvalue weighted by molar-refractivity contribution is 9.11. The van der Waals surface area contributed by atoms with Crippen molar-refractivity contribution in [2.75, 3.05) is 0 Å². The molecule has 8 heteroatoms. The molecule has 0 bridgehead atoms. The summed E-state index contributed by atoms with van der Waals surface area (Å²) in [5.74, 6) is -1.15. The normalized spacial score (nSPS) is 11.3. The van der Waals surface area contributed by atoms with E-state index in [1.54, 1.807) is 24.3 Å². The summed E-state index contributed by atoms with van der Waals surface area (Å²) >= 11 is 4.67. The first kappa shape index (κ1) is 15.4. The van der Waals surface area contributed by atoms with E-state index in [9.17, 15) is 14.7 Å². The summed E-state index contributed by atoms with van der Waals surface area (Å²) in [5, 5.41) is 19.0. The molecule has 2 aromatic heterocycles. The van der Waals surface area contributed by atoms with Crippen LogP contribution in [0.4, 0.5) is 0 Å². The standard InChI is InChI=1S/C15H9BrN2O4S/c16-11-6-9-13(20)17-12(18-14(9)23-11)4-2-7-1-3-10(19)8(5-7)15(21)22/h1-6,19H,(H,21,22)(H,17,18,20)/b4-2+. The second-order valence-electron chi connectivity index (χ2n) is 4.64. The monoisotopic (exact) mass is 392 g/mol. The summed E-state index contributed by atoms with van der Waals surface area (Å²) in [7, 11) is 0. The molecule has 1 aromatic carbocycles. The number of carboxylic acids is 1. The fraction of sp³-hybridized carbons (Fsp3) is 0. The van der Waals surface area contributed by atoms with Gasteiger partial charge in [-0.3, -0.25) is 4.79 Å². The summed E-state index contributed by atoms with van der Waals surface area (Å²) in [4.78, 5) is 30.5. The Hall–Kier alpha value is -2.45. The lowest BCUT2D eigenvalue weighted by molar-refractivity contribution is 0.0693. The van der Waals surface area contributed by atoms with Crippen molar-refractivity contribution in [1.29, 1.82) is 0 Å². The van der Waals surface area contributed by atoms with Gasteiger partial charge >= 0.3 is 5.97 Å². The van der Waals surface area contributed by atoms with Crippen LogP contribution in [0.3, 0.4) is 0 Å². The van der Waals surface area contributed by atoms with Crippen LogP contribution in [0.5, 0.6) is 5.75 Å². The third-order valence-corrected chi connectivity index (χ3v) is 4.61. The highest BCUT2D eigenvalue weighted by atomic mass is 79.9. The summed E-state index contributed by atoms with van der Waals surface area (Å²) in [6.07, 6.45) is 3.19. The molecule has 2 heterocycles. The number of halogens is 1. The van der Waals surface area contributed by atoms with Crippen molar-refractivity contribution in [2.24, 2.45) is 0 Å². The second kappa shape index (κ2) is 5.98. The third-order valence-electron chi connectivity index (χ3n) is 3.08. The number of benzene rings is 1. The number of carbonyl (C=O) groups is 1. The molecular formula is C15H9BrN2O4S. The van der Waals surface area contributed by atoms with Crippen LogP contribution < -0.4 is 5.56 Å². The first-order chi connectivity index (χ1) is 10.9. The minimum Gasteiger partial charge on any atom is -0.507 e. The van der Waals surface area contributed by atoms with E-state index in [0.717, 1.165) is 3.79 Å². The first-order valence-electron chi connectivity index (χ1n) is 6.38. The van der Waals surface area contributed by atoms with Crippen LogP contribution in [0.1, 0.15) is 21.7 Å². The van der Waals surface area contributed by atoms with Gasteiger partial charge in [-0.05, 0) is 45.8 Å². The van der Waals surface area contributed by atoms with Crippen molar-refractivity contribution in [3.63, 3.8) is 0 Å². The van der Waals surface area contributed by atoms with E-state index in [1.165, 1.54) is 23.5 Å². The molecule has 0 amide bonds. The number of aromatic nitrogens is 2. The van der Waals surface area contributed by atoms with Crippen LogP contribution in [0.25, 0.3) is 22.4 Å². The van der Waals surface area contributed by atoms with Crippen LogP contribution in [0.2, 0.25) is 0 Å². The van der Waals surface area contributed by atoms with Crippen molar-refractivity contribution < 1.29 is 15.0 Å². The van der Waals surface area contributed by atoms with Gasteiger partial charge in [-0.15, -0.1) is 11.3 Å². The Bertz CT molecular complexity index is 1010. The Morgan fingerprint density at radius 3 is 2.83 bits per heavy atom. The summed E-state index contributed by atoms with van der Waals surface area (Å²) in [5.41, 5.74) is 0.134. The maximum absolute atomic E-state index is 12.0. The van der Waals surface area contributed by atoms with Gasteiger partial charge in [-0.2, -0.15) is 0 Å². The predicted octanol–water partition coefficient (Wildman–Crippen LogP) is 3.32. The highest BCUT2D eigenvalue weighted by Gasteiger charge is 2.09. The highest BCUT2D eigenvalue weighted by Crippen LogP contribution is 2.26. The number of hydrogen-bond acceptors (Lipinski definition) is 5. The van der Waals surface area contributed by atoms with E-state index in [4.69, 9.17) is 5.11 Å². The Balaban J connectivity index is 1.98. The number of nitrogens with one attached hydrogen (secondary N) is 1. The van der Waals surface area contributed by atoms with E-state index in [0.29, 0.717) is 21.6 Å². The van der Waals surface area contributed by atoms with E-state index in [1.807, 2.05) is 0 Å². The lowest BCUT2D eigenvalue weighted by Crippen LogP contribution is -2.07. The molecule has 0 radical (unpaired) electrons. The molecule has 23 heavy (non-hydrogen) atoms. The smallest absolute Gasteiger partial charge is 0.339 e. The number of hydrogen-bond donors (Lipinski definition) is 3. The molecule has 0 fully saturated rings. The third kappa shape index (κ3) is 3.17. The van der Waals surface area contributed by atoms with Crippen molar-refractivity contribution in [3.05, 3.63) is 55.4 Å². The molecule has 0 spiro atoms. The molecular weight excluding hydrogens is 384 g/mol. The number of H-pyrrole nitrogens is 1. The summed E-state index contributed by atoms with van der Waals surface area (Å²) in [6.45, 7) is 0. The zero-order chi connectivity index (χ0) is 16.6. The van der Waals surface area contributed by atoms with Gasteiger partial charge in [0.2, 0.25) is 0 Å². The average Bonchev–Trinajstić information content (AvgIpc) is 2.87. The van der Waals surface area contributed by atoms with Crippen LogP contribution >= 0.6 is 27.3 Å². The molecule has 3 rings (SSSR count). The molecule has 0 saturated carbocycles. The molecule has 0 aliphatic carbocycles. The largest absolute Gasteiger partial charge is 0.507 e. The maximum Gasteiger partial charge on any atom is 0.339 e. The molecule has 6 nitrogen and oxygen atoms in total. The van der Waals surface area contributed by atoms with Gasteiger partial charge in [0.1, 0.15) is 22.0 Å². The molecule has 0 aliphatic heterocycles. The van der Waals surface area contributed by atoms with Gasteiger partial charge in [-0.1, -0.05) is 12.1 Å². The van der Waals surface area contributed by atoms with Crippen molar-refractivity contribution in [1.82, 2.24) is 9.97 Å². The number of fused-ring (bicyclic) bond motifs is 1. The Kier molecular flexibility index (Phi) is 4.01. The van der Waals surface area contributed by atoms with Gasteiger partial charge in [-0.25, -0.2) is 9.78 Å². The Morgan fingerprint density at radius 2 is 2.09 bits per heavy atom. The van der Waals surface area contributed by atoms with Crippen molar-refractivity contribution in [2.45, 2.75) is 0 Å². The maximum atomic E-state index is 12.0. The van der Waals surface area contributed by atoms with Gasteiger partial charge in [0, 0.05) is 0 Å². The minimum atomic E-state index is -1.21. The number of carboxylic acid groups (broad SMARTS) is 1. The fourth-order valence-electron chi connectivity index (χ4n) is 2.00. The number of rotatable bonds is 3. The minimum absolute atomic E-state index is 0.189.